The summed E-state index contributed by atoms with van der Waals surface area (Å²) in [7, 11) is 0. The third-order valence-electron chi connectivity index (χ3n) is 5.01. The summed E-state index contributed by atoms with van der Waals surface area (Å²) in [5, 5.41) is 15.9. The van der Waals surface area contributed by atoms with Crippen molar-refractivity contribution in [2.24, 2.45) is 5.92 Å². The van der Waals surface area contributed by atoms with E-state index in [1.165, 1.54) is 12.1 Å². The highest BCUT2D eigenvalue weighted by atomic mass is 35.5. The number of hydrogen-bond acceptors (Lipinski definition) is 4. The number of aliphatic hydroxyl groups is 1. The average Bonchev–Trinajstić information content (AvgIpc) is 2.99. The number of amides is 1. The molecule has 0 spiro atoms. The van der Waals surface area contributed by atoms with Gasteiger partial charge in [-0.3, -0.25) is 4.79 Å². The van der Waals surface area contributed by atoms with Gasteiger partial charge in [0.25, 0.3) is 0 Å². The number of aliphatic hydroxyl groups excluding tert-OH is 1. The van der Waals surface area contributed by atoms with Crippen LogP contribution >= 0.6 is 12.4 Å². The number of halogens is 2. The number of carbonyl (C=O) groups is 1. The molecule has 3 N–H and O–H groups in total. The molecule has 2 aliphatic heterocycles. The van der Waals surface area contributed by atoms with Gasteiger partial charge < -0.3 is 20.5 Å². The summed E-state index contributed by atoms with van der Waals surface area (Å²) in [4.78, 5) is 12.9. The highest BCUT2D eigenvalue weighted by molar-refractivity contribution is 5.88. The molecular formula is C17H24ClFN2O3. The van der Waals surface area contributed by atoms with Gasteiger partial charge in [0.15, 0.2) is 0 Å². The first-order chi connectivity index (χ1) is 11.1. The first-order valence-electron chi connectivity index (χ1n) is 8.13. The minimum atomic E-state index is -0.678. The van der Waals surface area contributed by atoms with E-state index >= 15 is 0 Å². The SMILES string of the molecule is Cl.O=C(NCC1CNCC1O)C1(c2ccc(F)cc2)CCOCC1. The Balaban J connectivity index is 0.00000208. The first-order valence-corrected chi connectivity index (χ1v) is 8.13. The lowest BCUT2D eigenvalue weighted by Gasteiger charge is -2.36. The summed E-state index contributed by atoms with van der Waals surface area (Å²) in [5.41, 5.74) is 0.146. The molecule has 2 fully saturated rings. The monoisotopic (exact) mass is 358 g/mol. The Morgan fingerprint density at radius 1 is 1.29 bits per heavy atom. The van der Waals surface area contributed by atoms with Gasteiger partial charge in [-0.2, -0.15) is 0 Å². The summed E-state index contributed by atoms with van der Waals surface area (Å²) in [6, 6.07) is 6.16. The molecule has 2 unspecified atom stereocenters. The standard InChI is InChI=1S/C17H23FN2O3.ClH/c18-14-3-1-13(2-4-14)17(5-7-23-8-6-17)16(22)20-10-12-9-19-11-15(12)21;/h1-4,12,15,19,21H,5-11H2,(H,20,22);1H. The Morgan fingerprint density at radius 3 is 2.54 bits per heavy atom. The zero-order valence-corrected chi connectivity index (χ0v) is 14.3. The fourth-order valence-corrected chi connectivity index (χ4v) is 3.46. The molecule has 5 nitrogen and oxygen atoms in total. The molecule has 0 aromatic heterocycles. The predicted molar refractivity (Wildman–Crippen MR) is 90.8 cm³/mol. The zero-order valence-electron chi connectivity index (χ0n) is 13.5. The van der Waals surface area contributed by atoms with Crippen LogP contribution < -0.4 is 10.6 Å². The molecule has 2 saturated heterocycles. The van der Waals surface area contributed by atoms with Crippen molar-refractivity contribution >= 4 is 18.3 Å². The van der Waals surface area contributed by atoms with Crippen LogP contribution in [0.5, 0.6) is 0 Å². The van der Waals surface area contributed by atoms with E-state index in [4.69, 9.17) is 4.74 Å². The van der Waals surface area contributed by atoms with E-state index in [9.17, 15) is 14.3 Å². The molecule has 134 valence electrons. The Labute approximate surface area is 147 Å². The van der Waals surface area contributed by atoms with Crippen LogP contribution in [0, 0.1) is 11.7 Å². The number of nitrogens with one attached hydrogen (secondary N) is 2. The second-order valence-electron chi connectivity index (χ2n) is 6.40. The van der Waals surface area contributed by atoms with Crippen LogP contribution in [0.1, 0.15) is 18.4 Å². The highest BCUT2D eigenvalue weighted by Crippen LogP contribution is 2.35. The summed E-state index contributed by atoms with van der Waals surface area (Å²) < 4.78 is 18.6. The van der Waals surface area contributed by atoms with E-state index in [1.54, 1.807) is 12.1 Å². The molecule has 0 radical (unpaired) electrons. The van der Waals surface area contributed by atoms with Crippen molar-refractivity contribution in [2.45, 2.75) is 24.4 Å². The maximum atomic E-state index is 13.2. The smallest absolute Gasteiger partial charge is 0.230 e. The summed E-state index contributed by atoms with van der Waals surface area (Å²) in [6.07, 6.45) is 0.734. The largest absolute Gasteiger partial charge is 0.391 e. The third kappa shape index (κ3) is 3.88. The Hall–Kier alpha value is -1.21. The fourth-order valence-electron chi connectivity index (χ4n) is 3.46. The fraction of sp³-hybridized carbons (Fsp3) is 0.588. The van der Waals surface area contributed by atoms with Crippen molar-refractivity contribution in [1.29, 1.82) is 0 Å². The van der Waals surface area contributed by atoms with Crippen LogP contribution in [0.3, 0.4) is 0 Å². The van der Waals surface area contributed by atoms with Gasteiger partial charge >= 0.3 is 0 Å². The Kier molecular flexibility index (Phi) is 6.57. The molecule has 7 heteroatoms. The highest BCUT2D eigenvalue weighted by Gasteiger charge is 2.42. The van der Waals surface area contributed by atoms with Gasteiger partial charge in [0.2, 0.25) is 5.91 Å². The normalized spacial score (nSPS) is 25.8. The van der Waals surface area contributed by atoms with Crippen molar-refractivity contribution in [3.63, 3.8) is 0 Å². The van der Waals surface area contributed by atoms with Crippen molar-refractivity contribution in [1.82, 2.24) is 10.6 Å². The number of benzene rings is 1. The summed E-state index contributed by atoms with van der Waals surface area (Å²) >= 11 is 0. The van der Waals surface area contributed by atoms with E-state index in [1.807, 2.05) is 0 Å². The number of β-amino-alcohol motifs (C(OH)–C–C–N with tert-alkyl or cyclic N) is 1. The van der Waals surface area contributed by atoms with Crippen molar-refractivity contribution in [3.8, 4) is 0 Å². The van der Waals surface area contributed by atoms with Crippen LogP contribution in [0.15, 0.2) is 24.3 Å². The third-order valence-corrected chi connectivity index (χ3v) is 5.01. The second-order valence-corrected chi connectivity index (χ2v) is 6.40. The van der Waals surface area contributed by atoms with Gasteiger partial charge in [-0.05, 0) is 30.5 Å². The molecule has 2 aliphatic rings. The van der Waals surface area contributed by atoms with E-state index in [0.717, 1.165) is 5.56 Å². The number of rotatable bonds is 4. The molecule has 0 saturated carbocycles. The van der Waals surface area contributed by atoms with Crippen molar-refractivity contribution < 1.29 is 19.0 Å². The molecule has 1 aromatic carbocycles. The van der Waals surface area contributed by atoms with E-state index < -0.39 is 11.5 Å². The topological polar surface area (TPSA) is 70.6 Å². The molecule has 2 atom stereocenters. The lowest BCUT2D eigenvalue weighted by molar-refractivity contribution is -0.130. The van der Waals surface area contributed by atoms with Crippen molar-refractivity contribution in [3.05, 3.63) is 35.6 Å². The first kappa shape index (κ1) is 19.1. The maximum Gasteiger partial charge on any atom is 0.230 e. The van der Waals surface area contributed by atoms with Crippen molar-refractivity contribution in [2.75, 3.05) is 32.8 Å². The van der Waals surface area contributed by atoms with Gasteiger partial charge in [0, 0.05) is 38.8 Å². The number of ether oxygens (including phenoxy) is 1. The Morgan fingerprint density at radius 2 is 1.96 bits per heavy atom. The molecule has 24 heavy (non-hydrogen) atoms. The van der Waals surface area contributed by atoms with Crippen LogP contribution in [-0.2, 0) is 14.9 Å². The minimum Gasteiger partial charge on any atom is -0.391 e. The number of hydrogen-bond donors (Lipinski definition) is 3. The van der Waals surface area contributed by atoms with E-state index in [2.05, 4.69) is 10.6 Å². The predicted octanol–water partition coefficient (Wildman–Crippen LogP) is 0.992. The lowest BCUT2D eigenvalue weighted by Crippen LogP contribution is -2.49. The van der Waals surface area contributed by atoms with Crippen LogP contribution in [0.2, 0.25) is 0 Å². The molecular weight excluding hydrogens is 335 g/mol. The van der Waals surface area contributed by atoms with Gasteiger partial charge in [-0.15, -0.1) is 12.4 Å². The maximum absolute atomic E-state index is 13.2. The summed E-state index contributed by atoms with van der Waals surface area (Å²) in [6.45, 7) is 2.74. The van der Waals surface area contributed by atoms with Gasteiger partial charge in [-0.25, -0.2) is 4.39 Å². The molecule has 0 aliphatic carbocycles. The van der Waals surface area contributed by atoms with E-state index in [0.29, 0.717) is 45.7 Å². The van der Waals surface area contributed by atoms with Gasteiger partial charge in [0.1, 0.15) is 5.82 Å². The second kappa shape index (κ2) is 8.25. The summed E-state index contributed by atoms with van der Waals surface area (Å²) in [5.74, 6) is -0.341. The van der Waals surface area contributed by atoms with Crippen LogP contribution in [0.4, 0.5) is 4.39 Å². The van der Waals surface area contributed by atoms with Gasteiger partial charge in [0.05, 0.1) is 11.5 Å². The minimum absolute atomic E-state index is 0. The molecule has 3 rings (SSSR count). The van der Waals surface area contributed by atoms with E-state index in [-0.39, 0.29) is 30.0 Å². The van der Waals surface area contributed by atoms with Crippen LogP contribution in [-0.4, -0.2) is 50.0 Å². The molecule has 0 bridgehead atoms. The Bertz CT molecular complexity index is 549. The number of carbonyl (C=O) groups excluding carboxylic acids is 1. The quantitative estimate of drug-likeness (QED) is 0.750. The van der Waals surface area contributed by atoms with Gasteiger partial charge in [-0.1, -0.05) is 12.1 Å². The lowest BCUT2D eigenvalue weighted by atomic mass is 9.73. The zero-order chi connectivity index (χ0) is 16.3. The molecule has 2 heterocycles. The van der Waals surface area contributed by atoms with Crippen LogP contribution in [0.25, 0.3) is 0 Å². The average molecular weight is 359 g/mol. The molecule has 1 amide bonds. The molecule has 1 aromatic rings.